The number of hydrogen-bond donors (Lipinski definition) is 2. The molecule has 1 aromatic heterocycles. The number of rotatable bonds is 4. The second kappa shape index (κ2) is 12.6. The number of methoxy groups -OCH3 is 1. The van der Waals surface area contributed by atoms with Crippen LogP contribution in [-0.4, -0.2) is 82.7 Å². The maximum absolute atomic E-state index is 10.6. The number of carbonyl (C=O) groups is 2. The van der Waals surface area contributed by atoms with Gasteiger partial charge in [-0.2, -0.15) is 26.3 Å². The van der Waals surface area contributed by atoms with Gasteiger partial charge in [-0.3, -0.25) is 4.90 Å². The Hall–Kier alpha value is -3.62. The first-order valence-electron chi connectivity index (χ1n) is 10.7. The van der Waals surface area contributed by atoms with E-state index in [9.17, 15) is 26.3 Å². The summed E-state index contributed by atoms with van der Waals surface area (Å²) in [4.78, 5) is 31.5. The van der Waals surface area contributed by atoms with Crippen LogP contribution in [0.15, 0.2) is 42.7 Å². The van der Waals surface area contributed by atoms with E-state index in [-0.39, 0.29) is 0 Å². The molecular formula is C22H24F6N4O5. The molecular weight excluding hydrogens is 514 g/mol. The van der Waals surface area contributed by atoms with Crippen LogP contribution in [0.1, 0.15) is 5.56 Å². The Morgan fingerprint density at radius 1 is 0.892 bits per heavy atom. The van der Waals surface area contributed by atoms with Crippen LogP contribution in [0.25, 0.3) is 0 Å². The number of alkyl halides is 6. The molecule has 1 aromatic carbocycles. The monoisotopic (exact) mass is 538 g/mol. The minimum Gasteiger partial charge on any atom is -0.497 e. The molecule has 2 aliphatic heterocycles. The number of nitrogens with zero attached hydrogens (tertiary/aromatic N) is 4. The highest BCUT2D eigenvalue weighted by Crippen LogP contribution is 2.33. The lowest BCUT2D eigenvalue weighted by Gasteiger charge is -2.21. The fourth-order valence-corrected chi connectivity index (χ4v) is 3.83. The Morgan fingerprint density at radius 3 is 1.70 bits per heavy atom. The number of fused-ring (bicyclic) bond motifs is 1. The number of carboxylic acids is 2. The highest BCUT2D eigenvalue weighted by molar-refractivity contribution is 5.73. The van der Waals surface area contributed by atoms with Crippen LogP contribution < -0.4 is 9.64 Å². The smallest absolute Gasteiger partial charge is 0.490 e. The third kappa shape index (κ3) is 9.40. The highest BCUT2D eigenvalue weighted by Gasteiger charge is 2.41. The molecule has 0 amide bonds. The van der Waals surface area contributed by atoms with Gasteiger partial charge in [0.1, 0.15) is 5.75 Å². The van der Waals surface area contributed by atoms with Gasteiger partial charge in [0.25, 0.3) is 0 Å². The van der Waals surface area contributed by atoms with Gasteiger partial charge in [-0.25, -0.2) is 19.6 Å². The SMILES string of the molecule is COc1ccc(CN2CC3CN(c4ncccn4)CC3C2)cc1.O=C(O)C(F)(F)F.O=C(O)C(F)(F)F. The van der Waals surface area contributed by atoms with E-state index in [1.807, 2.05) is 30.6 Å². The summed E-state index contributed by atoms with van der Waals surface area (Å²) in [6.07, 6.45) is -6.52. The van der Waals surface area contributed by atoms with E-state index in [1.165, 1.54) is 18.7 Å². The average Bonchev–Trinajstić information content (AvgIpc) is 3.38. The van der Waals surface area contributed by atoms with Crippen LogP contribution in [0, 0.1) is 11.8 Å². The van der Waals surface area contributed by atoms with Crippen LogP contribution in [0.2, 0.25) is 0 Å². The van der Waals surface area contributed by atoms with Gasteiger partial charge in [0.2, 0.25) is 5.95 Å². The number of benzene rings is 1. The second-order valence-electron chi connectivity index (χ2n) is 8.12. The molecule has 4 rings (SSSR count). The van der Waals surface area contributed by atoms with E-state index >= 15 is 0 Å². The van der Waals surface area contributed by atoms with E-state index < -0.39 is 24.3 Å². The van der Waals surface area contributed by atoms with Crippen molar-refractivity contribution in [3.05, 3.63) is 48.3 Å². The maximum Gasteiger partial charge on any atom is 0.490 e. The minimum atomic E-state index is -5.08. The number of halogens is 6. The van der Waals surface area contributed by atoms with E-state index in [0.29, 0.717) is 0 Å². The summed E-state index contributed by atoms with van der Waals surface area (Å²) in [6, 6.07) is 10.3. The molecule has 0 saturated carbocycles. The van der Waals surface area contributed by atoms with E-state index in [0.717, 1.165) is 43.2 Å². The fraction of sp³-hybridized carbons (Fsp3) is 0.455. The van der Waals surface area contributed by atoms with Gasteiger partial charge in [-0.05, 0) is 35.6 Å². The highest BCUT2D eigenvalue weighted by atomic mass is 19.4. The molecule has 2 fully saturated rings. The van der Waals surface area contributed by atoms with Gasteiger partial charge in [0.05, 0.1) is 7.11 Å². The van der Waals surface area contributed by atoms with E-state index in [1.54, 1.807) is 7.11 Å². The molecule has 0 aliphatic carbocycles. The summed E-state index contributed by atoms with van der Waals surface area (Å²) in [5, 5.41) is 14.2. The summed E-state index contributed by atoms with van der Waals surface area (Å²) in [7, 11) is 1.71. The fourth-order valence-electron chi connectivity index (χ4n) is 3.83. The molecule has 0 radical (unpaired) electrons. The Morgan fingerprint density at radius 2 is 1.32 bits per heavy atom. The van der Waals surface area contributed by atoms with Crippen LogP contribution in [0.4, 0.5) is 32.3 Å². The van der Waals surface area contributed by atoms with Gasteiger partial charge < -0.3 is 19.8 Å². The molecule has 2 aromatic rings. The van der Waals surface area contributed by atoms with Crippen molar-refractivity contribution in [3.63, 3.8) is 0 Å². The van der Waals surface area contributed by atoms with Crippen molar-refractivity contribution in [2.75, 3.05) is 38.2 Å². The predicted octanol–water partition coefficient (Wildman–Crippen LogP) is 3.32. The third-order valence-electron chi connectivity index (χ3n) is 5.45. The number of ether oxygens (including phenoxy) is 1. The van der Waals surface area contributed by atoms with E-state index in [4.69, 9.17) is 24.5 Å². The van der Waals surface area contributed by atoms with E-state index in [2.05, 4.69) is 31.9 Å². The molecule has 2 unspecified atom stereocenters. The van der Waals surface area contributed by atoms with Gasteiger partial charge >= 0.3 is 24.3 Å². The Bertz CT molecular complexity index is 983. The minimum absolute atomic E-state index is 0.733. The zero-order valence-electron chi connectivity index (χ0n) is 19.4. The summed E-state index contributed by atoms with van der Waals surface area (Å²) < 4.78 is 68.7. The second-order valence-corrected chi connectivity index (χ2v) is 8.12. The lowest BCUT2D eigenvalue weighted by molar-refractivity contribution is -0.193. The molecule has 204 valence electrons. The third-order valence-corrected chi connectivity index (χ3v) is 5.45. The zero-order valence-corrected chi connectivity index (χ0v) is 19.4. The molecule has 15 heteroatoms. The lowest BCUT2D eigenvalue weighted by atomic mass is 10.0. The Kier molecular flexibility index (Phi) is 10.1. The van der Waals surface area contributed by atoms with Crippen molar-refractivity contribution in [2.45, 2.75) is 18.9 Å². The molecule has 2 N–H and O–H groups in total. The average molecular weight is 538 g/mol. The molecule has 0 bridgehead atoms. The van der Waals surface area contributed by atoms with Crippen molar-refractivity contribution >= 4 is 17.9 Å². The van der Waals surface area contributed by atoms with Crippen LogP contribution in [0.5, 0.6) is 5.75 Å². The summed E-state index contributed by atoms with van der Waals surface area (Å²) in [5.41, 5.74) is 1.36. The molecule has 0 spiro atoms. The van der Waals surface area contributed by atoms with Crippen molar-refractivity contribution in [2.24, 2.45) is 11.8 Å². The number of anilines is 1. The molecule has 2 atom stereocenters. The van der Waals surface area contributed by atoms with Crippen LogP contribution >= 0.6 is 0 Å². The number of carboxylic acid groups (broad SMARTS) is 2. The lowest BCUT2D eigenvalue weighted by Crippen LogP contribution is -2.29. The van der Waals surface area contributed by atoms with Gasteiger partial charge in [0.15, 0.2) is 0 Å². The summed E-state index contributed by atoms with van der Waals surface area (Å²) in [6.45, 7) is 5.51. The summed E-state index contributed by atoms with van der Waals surface area (Å²) in [5.74, 6) is -2.25. The number of likely N-dealkylation sites (tertiary alicyclic amines) is 1. The van der Waals surface area contributed by atoms with Gasteiger partial charge in [-0.15, -0.1) is 0 Å². The number of aliphatic carboxylic acids is 2. The van der Waals surface area contributed by atoms with Gasteiger partial charge in [-0.1, -0.05) is 12.1 Å². The molecule has 3 heterocycles. The molecule has 2 aliphatic rings. The normalized spacial score (nSPS) is 19.2. The first-order valence-corrected chi connectivity index (χ1v) is 10.7. The van der Waals surface area contributed by atoms with Crippen LogP contribution in [0.3, 0.4) is 0 Å². The number of hydrogen-bond acceptors (Lipinski definition) is 7. The Balaban J connectivity index is 0.000000286. The number of aromatic nitrogens is 2. The zero-order chi connectivity index (χ0) is 27.8. The van der Waals surface area contributed by atoms with Crippen molar-refractivity contribution in [1.29, 1.82) is 0 Å². The predicted molar refractivity (Wildman–Crippen MR) is 117 cm³/mol. The maximum atomic E-state index is 10.6. The largest absolute Gasteiger partial charge is 0.497 e. The first kappa shape index (κ1) is 29.6. The summed E-state index contributed by atoms with van der Waals surface area (Å²) >= 11 is 0. The Labute approximate surface area is 207 Å². The molecule has 9 nitrogen and oxygen atoms in total. The topological polar surface area (TPSA) is 116 Å². The first-order chi connectivity index (χ1) is 17.2. The van der Waals surface area contributed by atoms with Crippen molar-refractivity contribution in [3.8, 4) is 5.75 Å². The van der Waals surface area contributed by atoms with Crippen molar-refractivity contribution < 1.29 is 50.9 Å². The van der Waals surface area contributed by atoms with Gasteiger partial charge in [0, 0.05) is 45.1 Å². The standard InChI is InChI=1S/C18H22N4O.2C2HF3O2/c1-23-17-5-3-14(4-6-17)9-21-10-15-12-22(13-16(15)11-21)18-19-7-2-8-20-18;2*3-2(4,5)1(6)7/h2-8,15-16H,9-13H2,1H3;2*(H,6,7). The van der Waals surface area contributed by atoms with Crippen molar-refractivity contribution in [1.82, 2.24) is 14.9 Å². The molecule has 37 heavy (non-hydrogen) atoms. The quantitative estimate of drug-likeness (QED) is 0.566. The molecule has 2 saturated heterocycles. The van der Waals surface area contributed by atoms with Crippen LogP contribution in [-0.2, 0) is 16.1 Å².